The molecule has 3 aromatic rings. The Morgan fingerprint density at radius 1 is 1.26 bits per heavy atom. The van der Waals surface area contributed by atoms with Gasteiger partial charge in [-0.25, -0.2) is 4.79 Å². The van der Waals surface area contributed by atoms with Crippen LogP contribution >= 0.6 is 0 Å². The highest BCUT2D eigenvalue weighted by Gasteiger charge is 2.33. The van der Waals surface area contributed by atoms with Gasteiger partial charge in [0.1, 0.15) is 5.75 Å². The number of alkyl halides is 3. The molecule has 8 nitrogen and oxygen atoms in total. The molecular formula is C20H19F3N4O4. The van der Waals surface area contributed by atoms with Crippen LogP contribution in [0.2, 0.25) is 0 Å². The fourth-order valence-corrected chi connectivity index (χ4v) is 3.11. The molecule has 2 amide bonds. The maximum atomic E-state index is 12.9. The molecule has 31 heavy (non-hydrogen) atoms. The van der Waals surface area contributed by atoms with Gasteiger partial charge in [-0.1, -0.05) is 12.1 Å². The summed E-state index contributed by atoms with van der Waals surface area (Å²) >= 11 is 0. The first-order chi connectivity index (χ1) is 14.6. The Kier molecular flexibility index (Phi) is 6.33. The van der Waals surface area contributed by atoms with Gasteiger partial charge in [0, 0.05) is 24.3 Å². The van der Waals surface area contributed by atoms with E-state index in [0.29, 0.717) is 17.7 Å². The first-order valence-corrected chi connectivity index (χ1v) is 9.18. The molecule has 1 aliphatic rings. The maximum Gasteiger partial charge on any atom is 0.416 e. The average molecular weight is 436 g/mol. The smallest absolute Gasteiger partial charge is 0.416 e. The zero-order valence-electron chi connectivity index (χ0n) is 16.3. The zero-order valence-corrected chi connectivity index (χ0v) is 16.3. The van der Waals surface area contributed by atoms with E-state index in [4.69, 9.17) is 14.6 Å². The molecule has 0 saturated carbocycles. The number of fused-ring (bicyclic) bond motifs is 2. The molecule has 1 aromatic heterocycles. The molecule has 0 fully saturated rings. The van der Waals surface area contributed by atoms with Crippen molar-refractivity contribution in [2.45, 2.75) is 25.6 Å². The Hall–Kier alpha value is -3.76. The maximum absolute atomic E-state index is 12.9. The fourth-order valence-electron chi connectivity index (χ4n) is 3.11. The number of carboxylic acids is 1. The molecule has 1 aliphatic heterocycles. The number of nitrogens with one attached hydrogen (secondary N) is 3. The summed E-state index contributed by atoms with van der Waals surface area (Å²) < 4.78 is 43.9. The van der Waals surface area contributed by atoms with Crippen molar-refractivity contribution >= 4 is 28.6 Å². The summed E-state index contributed by atoms with van der Waals surface area (Å²) in [7, 11) is 0. The highest BCUT2D eigenvalue weighted by molar-refractivity contribution is 6.00. The molecule has 11 heteroatoms. The summed E-state index contributed by atoms with van der Waals surface area (Å²) in [6.45, 7) is 1.30. The fraction of sp³-hybridized carbons (Fsp3) is 0.250. The monoisotopic (exact) mass is 436 g/mol. The number of H-pyrrole nitrogens is 1. The molecule has 1 unspecified atom stereocenters. The van der Waals surface area contributed by atoms with E-state index in [0.717, 1.165) is 30.0 Å². The number of nitrogens with zero attached hydrogens (tertiary/aromatic N) is 1. The summed E-state index contributed by atoms with van der Waals surface area (Å²) in [6.07, 6.45) is -2.38. The van der Waals surface area contributed by atoms with E-state index < -0.39 is 29.8 Å². The third-order valence-electron chi connectivity index (χ3n) is 4.42. The number of amides is 2. The number of rotatable bonds is 2. The summed E-state index contributed by atoms with van der Waals surface area (Å²) in [5.41, 5.74) is 1.10. The second kappa shape index (κ2) is 8.94. The van der Waals surface area contributed by atoms with Gasteiger partial charge in [0.05, 0.1) is 35.6 Å². The van der Waals surface area contributed by atoms with Crippen molar-refractivity contribution in [2.75, 3.05) is 11.9 Å². The molecule has 4 N–H and O–H groups in total. The van der Waals surface area contributed by atoms with E-state index in [1.54, 1.807) is 18.3 Å². The van der Waals surface area contributed by atoms with Crippen LogP contribution in [0.15, 0.2) is 42.6 Å². The number of aromatic amines is 1. The predicted octanol–water partition coefficient (Wildman–Crippen LogP) is 4.32. The minimum Gasteiger partial charge on any atom is -0.493 e. The van der Waals surface area contributed by atoms with Crippen LogP contribution in [0.1, 0.15) is 30.5 Å². The molecule has 0 spiro atoms. The van der Waals surface area contributed by atoms with Gasteiger partial charge in [0.2, 0.25) is 0 Å². The van der Waals surface area contributed by atoms with Gasteiger partial charge in [-0.05, 0) is 24.3 Å². The molecule has 164 valence electrons. The normalized spacial score (nSPS) is 15.2. The zero-order chi connectivity index (χ0) is 22.6. The SMILES string of the molecule is CC(=O)O.O=C(Nc1cccc2[nH]ncc12)NC1CCOc2cc(C(F)(F)F)ccc21. The van der Waals surface area contributed by atoms with Crippen LogP contribution in [0.5, 0.6) is 5.75 Å². The highest BCUT2D eigenvalue weighted by atomic mass is 19.4. The first kappa shape index (κ1) is 21.9. The summed E-state index contributed by atoms with van der Waals surface area (Å²) in [6, 6.07) is 7.75. The van der Waals surface area contributed by atoms with Crippen LogP contribution in [0, 0.1) is 0 Å². The third-order valence-corrected chi connectivity index (χ3v) is 4.42. The lowest BCUT2D eigenvalue weighted by molar-refractivity contribution is -0.138. The molecule has 4 rings (SSSR count). The number of hydrogen-bond acceptors (Lipinski definition) is 4. The van der Waals surface area contributed by atoms with E-state index in [1.807, 2.05) is 6.07 Å². The number of benzene rings is 2. The quantitative estimate of drug-likeness (QED) is 0.478. The van der Waals surface area contributed by atoms with Crippen molar-refractivity contribution in [1.29, 1.82) is 0 Å². The number of carbonyl (C=O) groups excluding carboxylic acids is 1. The molecule has 1 atom stereocenters. The highest BCUT2D eigenvalue weighted by Crippen LogP contribution is 2.38. The molecule has 0 radical (unpaired) electrons. The van der Waals surface area contributed by atoms with E-state index in [9.17, 15) is 18.0 Å². The Bertz CT molecular complexity index is 1090. The van der Waals surface area contributed by atoms with Crippen molar-refractivity contribution < 1.29 is 32.6 Å². The number of aromatic nitrogens is 2. The molecule has 2 aromatic carbocycles. The number of hydrogen-bond donors (Lipinski definition) is 4. The number of carbonyl (C=O) groups is 2. The summed E-state index contributed by atoms with van der Waals surface area (Å²) in [5, 5.41) is 20.5. The van der Waals surface area contributed by atoms with Gasteiger partial charge in [-0.2, -0.15) is 18.3 Å². The molecule has 2 heterocycles. The van der Waals surface area contributed by atoms with Crippen molar-refractivity contribution in [3.63, 3.8) is 0 Å². The number of ether oxygens (including phenoxy) is 1. The second-order valence-corrected chi connectivity index (χ2v) is 6.69. The number of anilines is 1. The summed E-state index contributed by atoms with van der Waals surface area (Å²) in [5.74, 6) is -0.696. The van der Waals surface area contributed by atoms with Gasteiger partial charge >= 0.3 is 12.2 Å². The lowest BCUT2D eigenvalue weighted by Gasteiger charge is -2.27. The van der Waals surface area contributed by atoms with Crippen molar-refractivity contribution in [2.24, 2.45) is 0 Å². The van der Waals surface area contributed by atoms with Crippen molar-refractivity contribution in [1.82, 2.24) is 15.5 Å². The van der Waals surface area contributed by atoms with Crippen LogP contribution in [0.4, 0.5) is 23.7 Å². The molecule has 0 aliphatic carbocycles. The van der Waals surface area contributed by atoms with E-state index in [-0.39, 0.29) is 12.4 Å². The van der Waals surface area contributed by atoms with Crippen LogP contribution in [-0.4, -0.2) is 33.9 Å². The van der Waals surface area contributed by atoms with Crippen molar-refractivity contribution in [3.05, 3.63) is 53.7 Å². The van der Waals surface area contributed by atoms with Crippen LogP contribution < -0.4 is 15.4 Å². The van der Waals surface area contributed by atoms with E-state index in [1.165, 1.54) is 6.07 Å². The van der Waals surface area contributed by atoms with Crippen LogP contribution in [-0.2, 0) is 11.0 Å². The summed E-state index contributed by atoms with van der Waals surface area (Å²) in [4.78, 5) is 21.4. The van der Waals surface area contributed by atoms with E-state index in [2.05, 4.69) is 20.8 Å². The minimum absolute atomic E-state index is 0.137. The largest absolute Gasteiger partial charge is 0.493 e. The lowest BCUT2D eigenvalue weighted by Crippen LogP contribution is -2.35. The Balaban J connectivity index is 0.000000628. The number of halogens is 3. The van der Waals surface area contributed by atoms with E-state index >= 15 is 0 Å². The Labute approximate surface area is 174 Å². The number of carboxylic acid groups (broad SMARTS) is 1. The van der Waals surface area contributed by atoms with Crippen molar-refractivity contribution in [3.8, 4) is 5.75 Å². The molecule has 0 saturated heterocycles. The van der Waals surface area contributed by atoms with Gasteiger partial charge in [0.25, 0.3) is 5.97 Å². The molecule has 0 bridgehead atoms. The number of aliphatic carboxylic acids is 1. The topological polar surface area (TPSA) is 116 Å². The Morgan fingerprint density at radius 2 is 2.00 bits per heavy atom. The Morgan fingerprint density at radius 3 is 2.71 bits per heavy atom. The van der Waals surface area contributed by atoms with Gasteiger partial charge < -0.3 is 20.5 Å². The van der Waals surface area contributed by atoms with Crippen LogP contribution in [0.3, 0.4) is 0 Å². The first-order valence-electron chi connectivity index (χ1n) is 9.18. The lowest BCUT2D eigenvalue weighted by atomic mass is 9.98. The number of urea groups is 1. The third kappa shape index (κ3) is 5.44. The van der Waals surface area contributed by atoms with Gasteiger partial charge in [-0.3, -0.25) is 9.89 Å². The van der Waals surface area contributed by atoms with Gasteiger partial charge in [-0.15, -0.1) is 0 Å². The average Bonchev–Trinajstić information content (AvgIpc) is 3.16. The molecular weight excluding hydrogens is 417 g/mol. The van der Waals surface area contributed by atoms with Gasteiger partial charge in [0.15, 0.2) is 0 Å². The second-order valence-electron chi connectivity index (χ2n) is 6.69. The van der Waals surface area contributed by atoms with Crippen LogP contribution in [0.25, 0.3) is 10.9 Å². The minimum atomic E-state index is -4.45. The predicted molar refractivity (Wildman–Crippen MR) is 106 cm³/mol. The standard InChI is InChI=1S/C18H15F3N4O2.C2H4O2/c19-18(20,21)10-4-5-11-14(6-7-27-16(11)8-10)24-17(26)23-13-2-1-3-15-12(13)9-22-25-15;1-2(3)4/h1-5,8-9,14H,6-7H2,(H,22,25)(H2,23,24,26);1H3,(H,3,4).